The van der Waals surface area contributed by atoms with E-state index < -0.39 is 11.5 Å². The molecule has 2 rings (SSSR count). The molecule has 2 atom stereocenters. The summed E-state index contributed by atoms with van der Waals surface area (Å²) in [6.07, 6.45) is 6.90. The summed E-state index contributed by atoms with van der Waals surface area (Å²) in [4.78, 5) is 12.4. The zero-order valence-corrected chi connectivity index (χ0v) is 13.7. The molecule has 1 N–H and O–H groups in total. The maximum absolute atomic E-state index is 12.4. The average molecular weight is 316 g/mol. The van der Waals surface area contributed by atoms with Gasteiger partial charge in [0.25, 0.3) is 0 Å². The van der Waals surface area contributed by atoms with E-state index in [9.17, 15) is 9.90 Å². The van der Waals surface area contributed by atoms with Gasteiger partial charge in [-0.15, -0.1) is 23.5 Å². The highest BCUT2D eigenvalue weighted by molar-refractivity contribution is 8.22. The fourth-order valence-electron chi connectivity index (χ4n) is 2.88. The lowest BCUT2D eigenvalue weighted by Gasteiger charge is -2.38. The van der Waals surface area contributed by atoms with E-state index in [2.05, 4.69) is 6.08 Å². The molecule has 1 heterocycles. The number of hydrogen-bond acceptors (Lipinski definition) is 5. The summed E-state index contributed by atoms with van der Waals surface area (Å²) >= 11 is 3.73. The van der Waals surface area contributed by atoms with E-state index in [4.69, 9.17) is 4.74 Å². The van der Waals surface area contributed by atoms with Gasteiger partial charge in [0, 0.05) is 4.24 Å². The van der Waals surface area contributed by atoms with E-state index in [1.807, 2.05) is 30.4 Å². The van der Waals surface area contributed by atoms with Crippen LogP contribution in [-0.4, -0.2) is 35.3 Å². The van der Waals surface area contributed by atoms with Crippen LogP contribution in [0.3, 0.4) is 0 Å². The molecule has 5 heteroatoms. The van der Waals surface area contributed by atoms with Gasteiger partial charge in [-0.25, -0.2) is 0 Å². The van der Waals surface area contributed by atoms with Gasteiger partial charge in [0.15, 0.2) is 0 Å². The third-order valence-electron chi connectivity index (χ3n) is 4.08. The smallest absolute Gasteiger partial charge is 0.315 e. The van der Waals surface area contributed by atoms with Crippen LogP contribution < -0.4 is 0 Å². The second-order valence-electron chi connectivity index (χ2n) is 5.42. The third kappa shape index (κ3) is 3.74. The zero-order chi connectivity index (χ0) is 14.4. The first-order chi connectivity index (χ1) is 9.69. The Hall–Kier alpha value is -0.130. The number of carbonyl (C=O) groups is 1. The van der Waals surface area contributed by atoms with Crippen molar-refractivity contribution in [1.82, 2.24) is 0 Å². The summed E-state index contributed by atoms with van der Waals surface area (Å²) in [5.41, 5.74) is -0.709. The lowest BCUT2D eigenvalue weighted by Crippen LogP contribution is -2.45. The summed E-state index contributed by atoms with van der Waals surface area (Å²) in [6.45, 7) is 2.21. The molecule has 0 spiro atoms. The van der Waals surface area contributed by atoms with Gasteiger partial charge in [-0.3, -0.25) is 4.79 Å². The Kier molecular flexibility index (Phi) is 6.30. The fourth-order valence-corrected chi connectivity index (χ4v) is 5.28. The van der Waals surface area contributed by atoms with E-state index in [0.717, 1.165) is 30.8 Å². The van der Waals surface area contributed by atoms with Gasteiger partial charge in [0.2, 0.25) is 0 Å². The van der Waals surface area contributed by atoms with Crippen molar-refractivity contribution in [3.63, 3.8) is 0 Å². The molecule has 0 aromatic rings. The van der Waals surface area contributed by atoms with Crippen molar-refractivity contribution < 1.29 is 14.6 Å². The van der Waals surface area contributed by atoms with Crippen LogP contribution >= 0.6 is 23.5 Å². The summed E-state index contributed by atoms with van der Waals surface area (Å²) < 4.78 is 6.56. The first kappa shape index (κ1) is 16.2. The molecular weight excluding hydrogens is 292 g/mol. The molecule has 20 heavy (non-hydrogen) atoms. The number of hydrogen-bond donors (Lipinski definition) is 1. The molecule has 0 aromatic carbocycles. The van der Waals surface area contributed by atoms with Crippen molar-refractivity contribution in [2.24, 2.45) is 5.41 Å². The minimum Gasteiger partial charge on any atom is -0.465 e. The van der Waals surface area contributed by atoms with E-state index in [0.29, 0.717) is 19.4 Å². The molecule has 1 saturated carbocycles. The SMILES string of the molecule is CCOC(=O)[C@]1(CC=C2SCCCS2)CCCC[C@H]1O. The molecule has 1 saturated heterocycles. The molecule has 2 aliphatic rings. The highest BCUT2D eigenvalue weighted by Gasteiger charge is 2.47. The van der Waals surface area contributed by atoms with Gasteiger partial charge in [-0.2, -0.15) is 0 Å². The maximum atomic E-state index is 12.4. The van der Waals surface area contributed by atoms with Crippen molar-refractivity contribution in [2.75, 3.05) is 18.1 Å². The highest BCUT2D eigenvalue weighted by atomic mass is 32.2. The van der Waals surface area contributed by atoms with Crippen molar-refractivity contribution >= 4 is 29.5 Å². The number of ether oxygens (including phenoxy) is 1. The molecule has 114 valence electrons. The first-order valence-electron chi connectivity index (χ1n) is 7.50. The van der Waals surface area contributed by atoms with Crippen LogP contribution in [0, 0.1) is 5.41 Å². The topological polar surface area (TPSA) is 46.5 Å². The second-order valence-corrected chi connectivity index (χ2v) is 7.95. The molecule has 2 fully saturated rings. The van der Waals surface area contributed by atoms with Crippen LogP contribution in [0.25, 0.3) is 0 Å². The normalized spacial score (nSPS) is 30.9. The van der Waals surface area contributed by atoms with Gasteiger partial charge in [-0.1, -0.05) is 18.9 Å². The van der Waals surface area contributed by atoms with Crippen LogP contribution in [0.1, 0.15) is 45.4 Å². The third-order valence-corrected chi connectivity index (χ3v) is 6.68. The number of rotatable bonds is 4. The predicted molar refractivity (Wildman–Crippen MR) is 85.8 cm³/mol. The molecule has 1 aliphatic heterocycles. The summed E-state index contributed by atoms with van der Waals surface area (Å²) in [5, 5.41) is 10.4. The van der Waals surface area contributed by atoms with Gasteiger partial charge in [-0.05, 0) is 44.1 Å². The Balaban J connectivity index is 2.11. The predicted octanol–water partition coefficient (Wildman–Crippen LogP) is 3.57. The quantitative estimate of drug-likeness (QED) is 0.803. The van der Waals surface area contributed by atoms with Crippen molar-refractivity contribution in [3.05, 3.63) is 10.3 Å². The Morgan fingerprint density at radius 2 is 2.15 bits per heavy atom. The molecule has 0 aromatic heterocycles. The van der Waals surface area contributed by atoms with Crippen LogP contribution in [0.4, 0.5) is 0 Å². The average Bonchev–Trinajstić information content (AvgIpc) is 2.48. The summed E-state index contributed by atoms with van der Waals surface area (Å²) in [7, 11) is 0. The van der Waals surface area contributed by atoms with Crippen LogP contribution in [0.2, 0.25) is 0 Å². The minimum atomic E-state index is -0.709. The maximum Gasteiger partial charge on any atom is 0.315 e. The van der Waals surface area contributed by atoms with E-state index in [1.165, 1.54) is 10.7 Å². The van der Waals surface area contributed by atoms with Gasteiger partial charge in [0.05, 0.1) is 18.1 Å². The Morgan fingerprint density at radius 3 is 2.80 bits per heavy atom. The number of esters is 1. The van der Waals surface area contributed by atoms with Crippen LogP contribution in [-0.2, 0) is 9.53 Å². The number of aliphatic hydroxyl groups is 1. The monoisotopic (exact) mass is 316 g/mol. The van der Waals surface area contributed by atoms with Crippen molar-refractivity contribution in [1.29, 1.82) is 0 Å². The van der Waals surface area contributed by atoms with E-state index >= 15 is 0 Å². The largest absolute Gasteiger partial charge is 0.465 e. The van der Waals surface area contributed by atoms with Gasteiger partial charge >= 0.3 is 5.97 Å². The fraction of sp³-hybridized carbons (Fsp3) is 0.800. The summed E-state index contributed by atoms with van der Waals surface area (Å²) in [6, 6.07) is 0. The van der Waals surface area contributed by atoms with Gasteiger partial charge in [0.1, 0.15) is 0 Å². The minimum absolute atomic E-state index is 0.213. The molecule has 3 nitrogen and oxygen atoms in total. The zero-order valence-electron chi connectivity index (χ0n) is 12.1. The molecule has 0 unspecified atom stereocenters. The van der Waals surface area contributed by atoms with Crippen molar-refractivity contribution in [2.45, 2.75) is 51.6 Å². The molecular formula is C15H24O3S2. The number of thioether (sulfide) groups is 2. The van der Waals surface area contributed by atoms with Crippen molar-refractivity contribution in [3.8, 4) is 0 Å². The molecule has 0 bridgehead atoms. The molecule has 0 radical (unpaired) electrons. The Labute approximate surface area is 129 Å². The molecule has 1 aliphatic carbocycles. The van der Waals surface area contributed by atoms with E-state index in [1.54, 1.807) is 0 Å². The van der Waals surface area contributed by atoms with Gasteiger partial charge < -0.3 is 9.84 Å². The van der Waals surface area contributed by atoms with E-state index in [-0.39, 0.29) is 5.97 Å². The summed E-state index contributed by atoms with van der Waals surface area (Å²) in [5.74, 6) is 2.11. The van der Waals surface area contributed by atoms with Crippen LogP contribution in [0.5, 0.6) is 0 Å². The highest BCUT2D eigenvalue weighted by Crippen LogP contribution is 2.43. The Morgan fingerprint density at radius 1 is 1.40 bits per heavy atom. The second kappa shape index (κ2) is 7.76. The lowest BCUT2D eigenvalue weighted by molar-refractivity contribution is -0.166. The number of allylic oxidation sites excluding steroid dienone is 1. The first-order valence-corrected chi connectivity index (χ1v) is 9.47. The standard InChI is InChI=1S/C15H24O3S2/c1-2-18-14(17)15(8-4-3-6-12(15)16)9-7-13-19-10-5-11-20-13/h7,12,16H,2-6,8-11H2,1H3/t12-,15+/m1/s1. The van der Waals surface area contributed by atoms with Crippen LogP contribution in [0.15, 0.2) is 10.3 Å². The molecule has 0 amide bonds. The number of aliphatic hydroxyl groups excluding tert-OH is 1. The number of carbonyl (C=O) groups excluding carboxylic acids is 1. The Bertz CT molecular complexity index is 362. The lowest BCUT2D eigenvalue weighted by atomic mass is 9.69.